The average Bonchev–Trinajstić information content (AvgIpc) is 3.08. The molecule has 1 unspecified atom stereocenters. The van der Waals surface area contributed by atoms with Crippen molar-refractivity contribution in [3.05, 3.63) is 35.4 Å². The molecule has 3 rings (SSSR count). The van der Waals surface area contributed by atoms with Gasteiger partial charge in [-0.1, -0.05) is 57.7 Å². The number of likely N-dealkylation sites (tertiary alicyclic amines) is 1. The van der Waals surface area contributed by atoms with E-state index in [9.17, 15) is 9.59 Å². The second-order valence-corrected chi connectivity index (χ2v) is 6.94. The molecule has 1 aliphatic carbocycles. The molecule has 2 aliphatic rings. The highest BCUT2D eigenvalue weighted by atomic mass is 16.4. The third kappa shape index (κ3) is 6.81. The Hall–Kier alpha value is -1.84. The van der Waals surface area contributed by atoms with Crippen LogP contribution in [-0.2, 0) is 4.79 Å². The molecule has 4 heteroatoms. The van der Waals surface area contributed by atoms with E-state index in [1.165, 1.54) is 38.5 Å². The molecular weight excluding hydrogens is 326 g/mol. The Balaban J connectivity index is 0.000000249. The number of carboxylic acids is 1. The van der Waals surface area contributed by atoms with Crippen molar-refractivity contribution < 1.29 is 14.7 Å². The Labute approximate surface area is 158 Å². The molecule has 1 aromatic rings. The number of benzene rings is 1. The molecule has 1 atom stereocenters. The zero-order valence-corrected chi connectivity index (χ0v) is 16.8. The van der Waals surface area contributed by atoms with Gasteiger partial charge in [-0.15, -0.1) is 0 Å². The van der Waals surface area contributed by atoms with Gasteiger partial charge < -0.3 is 10.0 Å². The molecule has 146 valence electrons. The second kappa shape index (κ2) is 11.7. The minimum atomic E-state index is -0.875. The number of aryl methyl sites for hydroxylation is 1. The van der Waals surface area contributed by atoms with Crippen LogP contribution in [0.15, 0.2) is 24.3 Å². The number of amides is 1. The van der Waals surface area contributed by atoms with Crippen molar-refractivity contribution in [3.8, 4) is 0 Å². The average molecular weight is 362 g/mol. The fourth-order valence-corrected chi connectivity index (χ4v) is 3.42. The first kappa shape index (κ1) is 22.2. The fraction of sp³-hybridized carbons (Fsp3) is 0.636. The van der Waals surface area contributed by atoms with Crippen LogP contribution in [0.2, 0.25) is 0 Å². The van der Waals surface area contributed by atoms with E-state index in [0.717, 1.165) is 18.0 Å². The molecule has 2 fully saturated rings. The smallest absolute Gasteiger partial charge is 0.335 e. The second-order valence-electron chi connectivity index (χ2n) is 6.94. The normalized spacial score (nSPS) is 18.8. The topological polar surface area (TPSA) is 57.6 Å². The molecule has 4 nitrogen and oxygen atoms in total. The molecule has 1 saturated heterocycles. The summed E-state index contributed by atoms with van der Waals surface area (Å²) in [5.74, 6) is 0.428. The van der Waals surface area contributed by atoms with Gasteiger partial charge in [0.1, 0.15) is 0 Å². The molecule has 1 aromatic carbocycles. The number of carbonyl (C=O) groups is 2. The maximum Gasteiger partial charge on any atom is 0.335 e. The maximum atomic E-state index is 11.6. The van der Waals surface area contributed by atoms with Gasteiger partial charge in [0.25, 0.3) is 0 Å². The third-order valence-electron chi connectivity index (χ3n) is 5.13. The number of aromatic carboxylic acids is 1. The van der Waals surface area contributed by atoms with E-state index in [4.69, 9.17) is 5.11 Å². The zero-order chi connectivity index (χ0) is 19.5. The monoisotopic (exact) mass is 361 g/mol. The Morgan fingerprint density at radius 1 is 1.08 bits per heavy atom. The van der Waals surface area contributed by atoms with Gasteiger partial charge in [0.05, 0.1) is 5.56 Å². The van der Waals surface area contributed by atoms with E-state index in [1.54, 1.807) is 24.3 Å². The van der Waals surface area contributed by atoms with Gasteiger partial charge in [0.15, 0.2) is 0 Å². The first-order valence-electron chi connectivity index (χ1n) is 10.1. The van der Waals surface area contributed by atoms with Gasteiger partial charge in [-0.05, 0) is 44.2 Å². The summed E-state index contributed by atoms with van der Waals surface area (Å²) in [5, 5.41) is 8.48. The summed E-state index contributed by atoms with van der Waals surface area (Å²) in [6.07, 6.45) is 8.67. The molecule has 1 N–H and O–H groups in total. The minimum absolute atomic E-state index is 0.339. The Kier molecular flexibility index (Phi) is 10.0. The quantitative estimate of drug-likeness (QED) is 0.792. The van der Waals surface area contributed by atoms with Crippen LogP contribution < -0.4 is 0 Å². The van der Waals surface area contributed by atoms with Crippen molar-refractivity contribution in [1.29, 1.82) is 0 Å². The molecule has 0 aromatic heterocycles. The molecule has 1 saturated carbocycles. The van der Waals surface area contributed by atoms with E-state index in [1.807, 2.05) is 27.7 Å². The Morgan fingerprint density at radius 2 is 1.69 bits per heavy atom. The van der Waals surface area contributed by atoms with Crippen LogP contribution in [0, 0.1) is 12.8 Å². The highest BCUT2D eigenvalue weighted by Gasteiger charge is 2.31. The number of carbonyl (C=O) groups excluding carboxylic acids is 1. The van der Waals surface area contributed by atoms with Gasteiger partial charge in [-0.3, -0.25) is 4.79 Å². The molecule has 0 spiro atoms. The molecule has 26 heavy (non-hydrogen) atoms. The lowest BCUT2D eigenvalue weighted by atomic mass is 9.80. The van der Waals surface area contributed by atoms with E-state index in [0.29, 0.717) is 23.9 Å². The summed E-state index contributed by atoms with van der Waals surface area (Å²) in [6.45, 7) is 8.91. The highest BCUT2D eigenvalue weighted by Crippen LogP contribution is 2.34. The van der Waals surface area contributed by atoms with E-state index >= 15 is 0 Å². The standard InChI is InChI=1S/C12H21NO.C8H8O2.C2H6/c1-2-12(14)13-8-4-7-11(13)9-10-5-3-6-10;1-6-2-4-7(5-3-6)8(9)10;1-2/h10-11H,2-9H2,1H3;2-5H,1H3,(H,9,10);1-2H3. The van der Waals surface area contributed by atoms with Crippen LogP contribution >= 0.6 is 0 Å². The summed E-state index contributed by atoms with van der Waals surface area (Å²) in [4.78, 5) is 24.1. The highest BCUT2D eigenvalue weighted by molar-refractivity contribution is 5.87. The maximum absolute atomic E-state index is 11.6. The van der Waals surface area contributed by atoms with Gasteiger partial charge in [0.2, 0.25) is 5.91 Å². The minimum Gasteiger partial charge on any atom is -0.478 e. The van der Waals surface area contributed by atoms with E-state index < -0.39 is 5.97 Å². The molecule has 0 bridgehead atoms. The van der Waals surface area contributed by atoms with Crippen LogP contribution in [0.5, 0.6) is 0 Å². The first-order chi connectivity index (χ1) is 12.5. The molecule has 1 amide bonds. The lowest BCUT2D eigenvalue weighted by molar-refractivity contribution is -0.132. The lowest BCUT2D eigenvalue weighted by Crippen LogP contribution is -2.37. The zero-order valence-electron chi connectivity index (χ0n) is 16.8. The predicted octanol–water partition coefficient (Wildman–Crippen LogP) is 5.30. The number of rotatable bonds is 4. The van der Waals surface area contributed by atoms with E-state index in [-0.39, 0.29) is 0 Å². The predicted molar refractivity (Wildman–Crippen MR) is 106 cm³/mol. The van der Waals surface area contributed by atoms with Gasteiger partial charge in [-0.25, -0.2) is 4.79 Å². The summed E-state index contributed by atoms with van der Waals surface area (Å²) >= 11 is 0. The fourth-order valence-electron chi connectivity index (χ4n) is 3.42. The van der Waals surface area contributed by atoms with Crippen molar-refractivity contribution in [2.24, 2.45) is 5.92 Å². The third-order valence-corrected chi connectivity index (χ3v) is 5.13. The largest absolute Gasteiger partial charge is 0.478 e. The molecule has 0 radical (unpaired) electrons. The number of hydrogen-bond donors (Lipinski definition) is 1. The van der Waals surface area contributed by atoms with Crippen LogP contribution in [0.3, 0.4) is 0 Å². The van der Waals surface area contributed by atoms with Gasteiger partial charge in [0, 0.05) is 19.0 Å². The lowest BCUT2D eigenvalue weighted by Gasteiger charge is -2.32. The molecule has 1 heterocycles. The van der Waals surface area contributed by atoms with Crippen LogP contribution in [0.1, 0.15) is 81.6 Å². The van der Waals surface area contributed by atoms with Crippen molar-refractivity contribution in [3.63, 3.8) is 0 Å². The van der Waals surface area contributed by atoms with Gasteiger partial charge >= 0.3 is 5.97 Å². The summed E-state index contributed by atoms with van der Waals surface area (Å²) in [5.41, 5.74) is 1.41. The number of nitrogens with zero attached hydrogens (tertiary/aromatic N) is 1. The summed E-state index contributed by atoms with van der Waals surface area (Å²) in [7, 11) is 0. The summed E-state index contributed by atoms with van der Waals surface area (Å²) in [6, 6.07) is 7.34. The number of carboxylic acid groups (broad SMARTS) is 1. The van der Waals surface area contributed by atoms with Crippen LogP contribution in [-0.4, -0.2) is 34.5 Å². The molecular formula is C22H35NO3. The SMILES string of the molecule is CC.CCC(=O)N1CCCC1CC1CCC1.Cc1ccc(C(=O)O)cc1. The number of hydrogen-bond acceptors (Lipinski definition) is 2. The van der Waals surface area contributed by atoms with Crippen molar-refractivity contribution in [1.82, 2.24) is 4.90 Å². The van der Waals surface area contributed by atoms with Crippen molar-refractivity contribution in [2.75, 3.05) is 6.54 Å². The molecule has 1 aliphatic heterocycles. The summed E-state index contributed by atoms with van der Waals surface area (Å²) < 4.78 is 0. The van der Waals surface area contributed by atoms with Crippen molar-refractivity contribution >= 4 is 11.9 Å². The first-order valence-corrected chi connectivity index (χ1v) is 10.1. The Bertz CT molecular complexity index is 549. The van der Waals surface area contributed by atoms with Crippen molar-refractivity contribution in [2.45, 2.75) is 78.7 Å². The van der Waals surface area contributed by atoms with Gasteiger partial charge in [-0.2, -0.15) is 0 Å². The Morgan fingerprint density at radius 3 is 2.15 bits per heavy atom. The van der Waals surface area contributed by atoms with E-state index in [2.05, 4.69) is 4.90 Å². The van der Waals surface area contributed by atoms with Crippen LogP contribution in [0.25, 0.3) is 0 Å². The van der Waals surface area contributed by atoms with Crippen LogP contribution in [0.4, 0.5) is 0 Å².